The second-order valence-corrected chi connectivity index (χ2v) is 8.36. The molecule has 8 heteroatoms. The van der Waals surface area contributed by atoms with Crippen LogP contribution in [0.25, 0.3) is 0 Å². The van der Waals surface area contributed by atoms with Crippen LogP contribution in [0.4, 0.5) is 0 Å². The molecule has 1 aliphatic carbocycles. The lowest BCUT2D eigenvalue weighted by atomic mass is 9.84. The summed E-state index contributed by atoms with van der Waals surface area (Å²) >= 11 is 0. The minimum Gasteiger partial charge on any atom is -0.340 e. The highest BCUT2D eigenvalue weighted by Gasteiger charge is 2.36. The van der Waals surface area contributed by atoms with Gasteiger partial charge >= 0.3 is 0 Å². The van der Waals surface area contributed by atoms with Crippen LogP contribution in [0, 0.1) is 19.8 Å². The summed E-state index contributed by atoms with van der Waals surface area (Å²) in [5.41, 5.74) is 1.17. The number of nitrogens with zero attached hydrogens (tertiary/aromatic N) is 4. The van der Waals surface area contributed by atoms with Crippen molar-refractivity contribution in [1.82, 2.24) is 19.0 Å². The van der Waals surface area contributed by atoms with Crippen LogP contribution in [0.15, 0.2) is 4.90 Å². The van der Waals surface area contributed by atoms with E-state index in [0.717, 1.165) is 19.3 Å². The van der Waals surface area contributed by atoms with Crippen LogP contribution in [0.5, 0.6) is 0 Å². The van der Waals surface area contributed by atoms with Crippen molar-refractivity contribution in [3.8, 4) is 0 Å². The predicted octanol–water partition coefficient (Wildman–Crippen LogP) is 0.670. The zero-order valence-electron chi connectivity index (χ0n) is 13.9. The second-order valence-electron chi connectivity index (χ2n) is 6.48. The number of hydrogen-bond acceptors (Lipinski definition) is 4. The predicted molar refractivity (Wildman–Crippen MR) is 85.4 cm³/mol. The van der Waals surface area contributed by atoms with Crippen molar-refractivity contribution >= 4 is 15.9 Å². The van der Waals surface area contributed by atoms with Crippen molar-refractivity contribution in [3.05, 3.63) is 11.4 Å². The van der Waals surface area contributed by atoms with Crippen molar-refractivity contribution in [2.45, 2.75) is 38.0 Å². The third-order valence-corrected chi connectivity index (χ3v) is 7.20. The molecule has 2 fully saturated rings. The number of carbonyl (C=O) groups is 1. The van der Waals surface area contributed by atoms with E-state index in [4.69, 9.17) is 0 Å². The standard InChI is InChI=1S/C15H24N4O3S/c1-11-14(12(2)17(3)16-11)23(21,22)19-9-7-18(8-10-19)15(20)13-5-4-6-13/h13H,4-10H2,1-3H3. The van der Waals surface area contributed by atoms with E-state index in [1.54, 1.807) is 25.6 Å². The molecule has 0 spiro atoms. The molecule has 23 heavy (non-hydrogen) atoms. The Morgan fingerprint density at radius 1 is 1.13 bits per heavy atom. The number of carbonyl (C=O) groups excluding carboxylic acids is 1. The summed E-state index contributed by atoms with van der Waals surface area (Å²) in [6.45, 7) is 5.16. The molecule has 0 N–H and O–H groups in total. The molecule has 0 aromatic carbocycles. The molecule has 2 heterocycles. The molecule has 1 aromatic rings. The van der Waals surface area contributed by atoms with Crippen molar-refractivity contribution in [1.29, 1.82) is 0 Å². The number of hydrogen-bond donors (Lipinski definition) is 0. The van der Waals surface area contributed by atoms with Crippen molar-refractivity contribution in [2.24, 2.45) is 13.0 Å². The Morgan fingerprint density at radius 2 is 1.74 bits per heavy atom. The summed E-state index contributed by atoms with van der Waals surface area (Å²) in [6, 6.07) is 0. The quantitative estimate of drug-likeness (QED) is 0.810. The molecule has 7 nitrogen and oxygen atoms in total. The van der Waals surface area contributed by atoms with Gasteiger partial charge in [-0.05, 0) is 26.7 Å². The molecule has 1 amide bonds. The highest BCUT2D eigenvalue weighted by Crippen LogP contribution is 2.29. The van der Waals surface area contributed by atoms with Gasteiger partial charge < -0.3 is 4.90 Å². The van der Waals surface area contributed by atoms with E-state index in [9.17, 15) is 13.2 Å². The Balaban J connectivity index is 1.72. The van der Waals surface area contributed by atoms with Crippen LogP contribution < -0.4 is 0 Å². The van der Waals surface area contributed by atoms with Gasteiger partial charge in [-0.3, -0.25) is 9.48 Å². The highest BCUT2D eigenvalue weighted by atomic mass is 32.2. The number of sulfonamides is 1. The molecule has 0 radical (unpaired) electrons. The van der Waals surface area contributed by atoms with Crippen LogP contribution in [0.2, 0.25) is 0 Å². The summed E-state index contributed by atoms with van der Waals surface area (Å²) in [5, 5.41) is 4.20. The molecule has 3 rings (SSSR count). The van der Waals surface area contributed by atoms with E-state index >= 15 is 0 Å². The molecule has 1 aromatic heterocycles. The number of aryl methyl sites for hydroxylation is 2. The van der Waals surface area contributed by atoms with Gasteiger partial charge in [0.2, 0.25) is 15.9 Å². The van der Waals surface area contributed by atoms with Gasteiger partial charge in [0.1, 0.15) is 4.90 Å². The molecule has 128 valence electrons. The van der Waals surface area contributed by atoms with Gasteiger partial charge in [-0.1, -0.05) is 6.42 Å². The number of rotatable bonds is 3. The molecule has 1 saturated carbocycles. The highest BCUT2D eigenvalue weighted by molar-refractivity contribution is 7.89. The average Bonchev–Trinajstić information content (AvgIpc) is 2.70. The summed E-state index contributed by atoms with van der Waals surface area (Å²) < 4.78 is 28.9. The van der Waals surface area contributed by atoms with Crippen LogP contribution in [0.3, 0.4) is 0 Å². The number of aromatic nitrogens is 2. The zero-order chi connectivity index (χ0) is 16.8. The zero-order valence-corrected chi connectivity index (χ0v) is 14.8. The van der Waals surface area contributed by atoms with E-state index in [1.165, 1.54) is 4.31 Å². The minimum absolute atomic E-state index is 0.168. The SMILES string of the molecule is Cc1nn(C)c(C)c1S(=O)(=O)N1CCN(C(=O)C2CCC2)CC1. The van der Waals surface area contributed by atoms with Gasteiger partial charge in [-0.2, -0.15) is 9.40 Å². The summed E-state index contributed by atoms with van der Waals surface area (Å²) in [4.78, 5) is 14.4. The Morgan fingerprint density at radius 3 is 2.17 bits per heavy atom. The third-order valence-electron chi connectivity index (χ3n) is 5.05. The first-order chi connectivity index (χ1) is 10.8. The smallest absolute Gasteiger partial charge is 0.246 e. The molecular formula is C15H24N4O3S. The topological polar surface area (TPSA) is 75.5 Å². The average molecular weight is 340 g/mol. The van der Waals surface area contributed by atoms with Gasteiger partial charge in [0.25, 0.3) is 0 Å². The molecular weight excluding hydrogens is 316 g/mol. The summed E-state index contributed by atoms with van der Waals surface area (Å²) in [6.07, 6.45) is 3.08. The minimum atomic E-state index is -3.55. The van der Waals surface area contributed by atoms with Crippen molar-refractivity contribution in [3.63, 3.8) is 0 Å². The monoisotopic (exact) mass is 340 g/mol. The lowest BCUT2D eigenvalue weighted by molar-refractivity contribution is -0.139. The van der Waals surface area contributed by atoms with Gasteiger partial charge in [-0.25, -0.2) is 8.42 Å². The summed E-state index contributed by atoms with van der Waals surface area (Å²) in [7, 11) is -1.80. The van der Waals surface area contributed by atoms with E-state index < -0.39 is 10.0 Å². The first kappa shape index (κ1) is 16.4. The lowest BCUT2D eigenvalue weighted by Crippen LogP contribution is -2.52. The second kappa shape index (κ2) is 5.90. The molecule has 0 atom stereocenters. The number of amides is 1. The Bertz CT molecular complexity index is 713. The summed E-state index contributed by atoms with van der Waals surface area (Å²) in [5.74, 6) is 0.364. The third kappa shape index (κ3) is 2.78. The molecule has 0 bridgehead atoms. The van der Waals surface area contributed by atoms with E-state index in [1.807, 2.05) is 4.90 Å². The van der Waals surface area contributed by atoms with Crippen molar-refractivity contribution in [2.75, 3.05) is 26.2 Å². The fraction of sp³-hybridized carbons (Fsp3) is 0.733. The van der Waals surface area contributed by atoms with Crippen LogP contribution >= 0.6 is 0 Å². The maximum Gasteiger partial charge on any atom is 0.246 e. The molecule has 0 unspecified atom stereocenters. The van der Waals surface area contributed by atoms with Gasteiger partial charge in [0, 0.05) is 39.1 Å². The fourth-order valence-corrected chi connectivity index (χ4v) is 5.14. The van der Waals surface area contributed by atoms with Gasteiger partial charge in [0.15, 0.2) is 0 Å². The van der Waals surface area contributed by atoms with Gasteiger partial charge in [0.05, 0.1) is 11.4 Å². The van der Waals surface area contributed by atoms with Crippen molar-refractivity contribution < 1.29 is 13.2 Å². The first-order valence-electron chi connectivity index (χ1n) is 8.11. The number of piperazine rings is 1. The van der Waals surface area contributed by atoms with E-state index in [-0.39, 0.29) is 11.8 Å². The normalized spacial score (nSPS) is 20.6. The van der Waals surface area contributed by atoms with E-state index in [2.05, 4.69) is 5.10 Å². The molecule has 1 saturated heterocycles. The molecule has 1 aliphatic heterocycles. The maximum atomic E-state index is 12.9. The first-order valence-corrected chi connectivity index (χ1v) is 9.55. The molecule has 2 aliphatic rings. The Hall–Kier alpha value is -1.41. The fourth-order valence-electron chi connectivity index (χ4n) is 3.32. The maximum absolute atomic E-state index is 12.9. The van der Waals surface area contributed by atoms with Crippen LogP contribution in [-0.2, 0) is 21.9 Å². The Kier molecular flexibility index (Phi) is 4.22. The van der Waals surface area contributed by atoms with Gasteiger partial charge in [-0.15, -0.1) is 0 Å². The largest absolute Gasteiger partial charge is 0.340 e. The lowest BCUT2D eigenvalue weighted by Gasteiger charge is -2.37. The van der Waals surface area contributed by atoms with Crippen LogP contribution in [-0.4, -0.2) is 59.5 Å². The van der Waals surface area contributed by atoms with E-state index in [0.29, 0.717) is 42.5 Å². The van der Waals surface area contributed by atoms with Crippen LogP contribution in [0.1, 0.15) is 30.7 Å². The Labute approximate surface area is 137 Å².